The molecule has 1 saturated carbocycles. The van der Waals surface area contributed by atoms with Gasteiger partial charge in [0.15, 0.2) is 0 Å². The van der Waals surface area contributed by atoms with Crippen molar-refractivity contribution < 1.29 is 4.39 Å². The molecule has 0 amide bonds. The Balaban J connectivity index is 1.89. The van der Waals surface area contributed by atoms with Gasteiger partial charge in [-0.1, -0.05) is 12.1 Å². The fraction of sp³-hybridized carbons (Fsp3) is 0.538. The summed E-state index contributed by atoms with van der Waals surface area (Å²) in [6.07, 6.45) is 5.08. The van der Waals surface area contributed by atoms with E-state index in [9.17, 15) is 4.39 Å². The van der Waals surface area contributed by atoms with Crippen molar-refractivity contribution in [1.82, 2.24) is 5.32 Å². The molecule has 1 saturated heterocycles. The minimum Gasteiger partial charge on any atom is -0.313 e. The topological polar surface area (TPSA) is 12.0 Å². The van der Waals surface area contributed by atoms with E-state index in [0.29, 0.717) is 11.5 Å². The average molecular weight is 205 g/mol. The quantitative estimate of drug-likeness (QED) is 0.782. The number of halogens is 1. The third-order valence-corrected chi connectivity index (χ3v) is 3.94. The highest BCUT2D eigenvalue weighted by Crippen LogP contribution is 2.52. The van der Waals surface area contributed by atoms with Gasteiger partial charge >= 0.3 is 0 Å². The fourth-order valence-electron chi connectivity index (χ4n) is 2.91. The molecule has 2 aliphatic rings. The van der Waals surface area contributed by atoms with E-state index >= 15 is 0 Å². The van der Waals surface area contributed by atoms with E-state index in [0.717, 1.165) is 6.54 Å². The molecule has 15 heavy (non-hydrogen) atoms. The minimum atomic E-state index is -0.131. The van der Waals surface area contributed by atoms with Crippen molar-refractivity contribution >= 4 is 0 Å². The summed E-state index contributed by atoms with van der Waals surface area (Å²) < 4.78 is 12.9. The van der Waals surface area contributed by atoms with Crippen LogP contribution in [0.15, 0.2) is 24.3 Å². The molecule has 1 atom stereocenters. The van der Waals surface area contributed by atoms with Crippen molar-refractivity contribution in [3.05, 3.63) is 35.6 Å². The Morgan fingerprint density at radius 3 is 2.47 bits per heavy atom. The van der Waals surface area contributed by atoms with Gasteiger partial charge in [0.05, 0.1) is 0 Å². The highest BCUT2D eigenvalue weighted by molar-refractivity contribution is 5.34. The van der Waals surface area contributed by atoms with Crippen molar-refractivity contribution in [3.63, 3.8) is 0 Å². The molecule has 1 heterocycles. The second kappa shape index (κ2) is 3.31. The predicted octanol–water partition coefficient (Wildman–Crippen LogP) is 2.61. The van der Waals surface area contributed by atoms with Crippen molar-refractivity contribution in [3.8, 4) is 0 Å². The van der Waals surface area contributed by atoms with E-state index < -0.39 is 0 Å². The van der Waals surface area contributed by atoms with Crippen LogP contribution >= 0.6 is 0 Å². The van der Waals surface area contributed by atoms with Gasteiger partial charge in [-0.05, 0) is 49.9 Å². The standard InChI is InChI=1S/C13H16FN/c14-11-5-3-10(4-6-11)13(7-8-13)12-2-1-9-15-12/h3-6,12,15H,1-2,7-9H2. The van der Waals surface area contributed by atoms with Crippen LogP contribution in [0, 0.1) is 5.82 Å². The summed E-state index contributed by atoms with van der Waals surface area (Å²) in [5.41, 5.74) is 1.66. The number of rotatable bonds is 2. The van der Waals surface area contributed by atoms with Crippen molar-refractivity contribution in [2.75, 3.05) is 6.54 Å². The van der Waals surface area contributed by atoms with E-state index in [1.54, 1.807) is 12.1 Å². The first-order chi connectivity index (χ1) is 7.31. The SMILES string of the molecule is Fc1ccc(C2(C3CCCN3)CC2)cc1. The molecule has 3 rings (SSSR count). The summed E-state index contributed by atoms with van der Waals surface area (Å²) in [4.78, 5) is 0. The van der Waals surface area contributed by atoms with Gasteiger partial charge in [0, 0.05) is 11.5 Å². The first-order valence-corrected chi connectivity index (χ1v) is 5.81. The van der Waals surface area contributed by atoms with Gasteiger partial charge < -0.3 is 5.32 Å². The molecular weight excluding hydrogens is 189 g/mol. The molecule has 80 valence electrons. The van der Waals surface area contributed by atoms with E-state index in [4.69, 9.17) is 0 Å². The number of hydrogen-bond acceptors (Lipinski definition) is 1. The molecule has 1 aromatic carbocycles. The predicted molar refractivity (Wildman–Crippen MR) is 58.3 cm³/mol. The zero-order valence-corrected chi connectivity index (χ0v) is 8.80. The van der Waals surface area contributed by atoms with Gasteiger partial charge in [-0.3, -0.25) is 0 Å². The maximum Gasteiger partial charge on any atom is 0.123 e. The molecule has 0 radical (unpaired) electrons. The van der Waals surface area contributed by atoms with Crippen molar-refractivity contribution in [2.24, 2.45) is 0 Å². The molecule has 1 aliphatic carbocycles. The normalized spacial score (nSPS) is 27.9. The Kier molecular flexibility index (Phi) is 2.06. The van der Waals surface area contributed by atoms with Crippen molar-refractivity contribution in [1.29, 1.82) is 0 Å². The van der Waals surface area contributed by atoms with Crippen LogP contribution in [0.2, 0.25) is 0 Å². The third kappa shape index (κ3) is 1.48. The second-order valence-electron chi connectivity index (χ2n) is 4.81. The number of benzene rings is 1. The lowest BCUT2D eigenvalue weighted by molar-refractivity contribution is 0.472. The van der Waals surface area contributed by atoms with Crippen LogP contribution in [0.4, 0.5) is 4.39 Å². The smallest absolute Gasteiger partial charge is 0.123 e. The van der Waals surface area contributed by atoms with Gasteiger partial charge in [-0.15, -0.1) is 0 Å². The van der Waals surface area contributed by atoms with Crippen molar-refractivity contribution in [2.45, 2.75) is 37.1 Å². The lowest BCUT2D eigenvalue weighted by Gasteiger charge is -2.23. The zero-order chi connectivity index (χ0) is 10.3. The van der Waals surface area contributed by atoms with Crippen LogP contribution < -0.4 is 5.32 Å². The molecule has 2 heteroatoms. The van der Waals surface area contributed by atoms with Crippen LogP contribution in [-0.2, 0) is 5.41 Å². The molecule has 2 fully saturated rings. The monoisotopic (exact) mass is 205 g/mol. The molecular formula is C13H16FN. The molecule has 0 aromatic heterocycles. The fourth-order valence-corrected chi connectivity index (χ4v) is 2.91. The molecule has 1 nitrogen and oxygen atoms in total. The number of nitrogens with one attached hydrogen (secondary N) is 1. The van der Waals surface area contributed by atoms with E-state index in [1.165, 1.54) is 31.2 Å². The Bertz CT molecular complexity index is 347. The van der Waals surface area contributed by atoms with Crippen LogP contribution in [0.5, 0.6) is 0 Å². The van der Waals surface area contributed by atoms with E-state index in [-0.39, 0.29) is 5.82 Å². The molecule has 1 unspecified atom stereocenters. The van der Waals surface area contributed by atoms with Crippen LogP contribution in [0.25, 0.3) is 0 Å². The largest absolute Gasteiger partial charge is 0.313 e. The molecule has 0 bridgehead atoms. The maximum atomic E-state index is 12.9. The minimum absolute atomic E-state index is 0.131. The zero-order valence-electron chi connectivity index (χ0n) is 8.80. The highest BCUT2D eigenvalue weighted by atomic mass is 19.1. The second-order valence-corrected chi connectivity index (χ2v) is 4.81. The third-order valence-electron chi connectivity index (χ3n) is 3.94. The van der Waals surface area contributed by atoms with Gasteiger partial charge in [0.25, 0.3) is 0 Å². The summed E-state index contributed by atoms with van der Waals surface area (Å²) in [5, 5.41) is 3.58. The van der Waals surface area contributed by atoms with Gasteiger partial charge in [0.1, 0.15) is 5.82 Å². The molecule has 0 spiro atoms. The van der Waals surface area contributed by atoms with Gasteiger partial charge in [-0.2, -0.15) is 0 Å². The molecule has 1 N–H and O–H groups in total. The van der Waals surface area contributed by atoms with E-state index in [2.05, 4.69) is 5.32 Å². The van der Waals surface area contributed by atoms with Crippen LogP contribution in [0.1, 0.15) is 31.2 Å². The lowest BCUT2D eigenvalue weighted by Crippen LogP contribution is -2.34. The first-order valence-electron chi connectivity index (χ1n) is 5.81. The Morgan fingerprint density at radius 2 is 1.93 bits per heavy atom. The number of hydrogen-bond donors (Lipinski definition) is 1. The summed E-state index contributed by atoms with van der Waals surface area (Å²) in [5.74, 6) is -0.131. The van der Waals surface area contributed by atoms with E-state index in [1.807, 2.05) is 12.1 Å². The molecule has 1 aliphatic heterocycles. The van der Waals surface area contributed by atoms with Crippen LogP contribution in [0.3, 0.4) is 0 Å². The summed E-state index contributed by atoms with van der Waals surface area (Å²) >= 11 is 0. The molecule has 1 aromatic rings. The Hall–Kier alpha value is -0.890. The lowest BCUT2D eigenvalue weighted by atomic mass is 9.87. The summed E-state index contributed by atoms with van der Waals surface area (Å²) in [6, 6.07) is 7.72. The summed E-state index contributed by atoms with van der Waals surface area (Å²) in [7, 11) is 0. The summed E-state index contributed by atoms with van der Waals surface area (Å²) in [6.45, 7) is 1.15. The van der Waals surface area contributed by atoms with Gasteiger partial charge in [-0.25, -0.2) is 4.39 Å². The Morgan fingerprint density at radius 1 is 1.20 bits per heavy atom. The van der Waals surface area contributed by atoms with Gasteiger partial charge in [0.2, 0.25) is 0 Å². The van der Waals surface area contributed by atoms with Crippen LogP contribution in [-0.4, -0.2) is 12.6 Å². The highest BCUT2D eigenvalue weighted by Gasteiger charge is 2.50. The maximum absolute atomic E-state index is 12.9. The first kappa shape index (κ1) is 9.34. The average Bonchev–Trinajstić information content (AvgIpc) is 2.88. The Labute approximate surface area is 89.7 Å².